The topological polar surface area (TPSA) is 43.7 Å². The zero-order valence-electron chi connectivity index (χ0n) is 15.9. The fraction of sp³-hybridized carbons (Fsp3) is 0.318. The highest BCUT2D eigenvalue weighted by molar-refractivity contribution is 6.31. The second-order valence-corrected chi connectivity index (χ2v) is 7.14. The van der Waals surface area contributed by atoms with Gasteiger partial charge in [-0.15, -0.1) is 0 Å². The Labute approximate surface area is 169 Å². The second kappa shape index (κ2) is 8.25. The van der Waals surface area contributed by atoms with Crippen molar-refractivity contribution in [3.8, 4) is 5.75 Å². The van der Waals surface area contributed by atoms with E-state index in [0.29, 0.717) is 50.2 Å². The first-order valence-corrected chi connectivity index (χ1v) is 9.92. The number of nitrogens with zero attached hydrogens (tertiary/aromatic N) is 2. The van der Waals surface area contributed by atoms with Crippen LogP contribution >= 0.6 is 11.6 Å². The molecule has 0 saturated carbocycles. The summed E-state index contributed by atoms with van der Waals surface area (Å²) >= 11 is 6.40. The summed E-state index contributed by atoms with van der Waals surface area (Å²) in [6.45, 7) is 5.39. The third kappa shape index (κ3) is 3.60. The summed E-state index contributed by atoms with van der Waals surface area (Å²) in [6.07, 6.45) is 0. The summed E-state index contributed by atoms with van der Waals surface area (Å²) < 4.78 is 13.2. The Balaban J connectivity index is 1.83. The first-order chi connectivity index (χ1) is 13.7. The minimum absolute atomic E-state index is 0.00834. The molecule has 1 aliphatic rings. The Morgan fingerprint density at radius 2 is 1.93 bits per heavy atom. The molecule has 1 fully saturated rings. The molecule has 0 unspecified atom stereocenters. The van der Waals surface area contributed by atoms with Crippen LogP contribution in [0.1, 0.15) is 23.0 Å². The zero-order chi connectivity index (χ0) is 19.5. The quantitative estimate of drug-likeness (QED) is 0.646. The number of fused-ring (bicyclic) bond motifs is 1. The lowest BCUT2D eigenvalue weighted by molar-refractivity contribution is 0.0296. The molecule has 1 aliphatic heterocycles. The largest absolute Gasteiger partial charge is 0.493 e. The van der Waals surface area contributed by atoms with E-state index in [2.05, 4.69) is 0 Å². The highest BCUT2D eigenvalue weighted by Gasteiger charge is 2.24. The molecule has 0 atom stereocenters. The van der Waals surface area contributed by atoms with Crippen molar-refractivity contribution in [2.24, 2.45) is 0 Å². The summed E-state index contributed by atoms with van der Waals surface area (Å²) in [5.41, 5.74) is 2.57. The standard InChI is InChI=1S/C22H23ClN2O3/c1-2-28-21-9-5-8-19-17(21)14-20(22(26)24-10-12-27-13-11-24)25(19)15-16-6-3-4-7-18(16)23/h3-9,14H,2,10-13,15H2,1H3. The van der Waals surface area contributed by atoms with Crippen LogP contribution in [0.2, 0.25) is 5.02 Å². The van der Waals surface area contributed by atoms with Crippen molar-refractivity contribution in [3.05, 3.63) is 64.8 Å². The molecular formula is C22H23ClN2O3. The summed E-state index contributed by atoms with van der Waals surface area (Å²) in [5, 5.41) is 1.63. The van der Waals surface area contributed by atoms with Gasteiger partial charge < -0.3 is 18.9 Å². The summed E-state index contributed by atoms with van der Waals surface area (Å²) in [6, 6.07) is 15.6. The number of hydrogen-bond acceptors (Lipinski definition) is 3. The number of benzene rings is 2. The molecular weight excluding hydrogens is 376 g/mol. The van der Waals surface area contributed by atoms with Crippen molar-refractivity contribution in [1.29, 1.82) is 0 Å². The van der Waals surface area contributed by atoms with E-state index in [1.54, 1.807) is 0 Å². The Bertz CT molecular complexity index is 993. The van der Waals surface area contributed by atoms with E-state index in [4.69, 9.17) is 21.1 Å². The molecule has 6 heteroatoms. The lowest BCUT2D eigenvalue weighted by Gasteiger charge is -2.27. The van der Waals surface area contributed by atoms with E-state index < -0.39 is 0 Å². The van der Waals surface area contributed by atoms with Crippen molar-refractivity contribution in [2.45, 2.75) is 13.5 Å². The normalized spacial score (nSPS) is 14.4. The van der Waals surface area contributed by atoms with Crippen molar-refractivity contribution in [2.75, 3.05) is 32.9 Å². The molecule has 2 heterocycles. The van der Waals surface area contributed by atoms with E-state index in [-0.39, 0.29) is 5.91 Å². The maximum atomic E-state index is 13.3. The minimum atomic E-state index is 0.00834. The third-order valence-electron chi connectivity index (χ3n) is 5.01. The van der Waals surface area contributed by atoms with E-state index >= 15 is 0 Å². The van der Waals surface area contributed by atoms with Gasteiger partial charge in [0.15, 0.2) is 0 Å². The number of halogens is 1. The molecule has 0 spiro atoms. The number of morpholine rings is 1. The predicted octanol–water partition coefficient (Wildman–Crippen LogP) is 4.21. The molecule has 1 aromatic heterocycles. The van der Waals surface area contributed by atoms with Crippen LogP contribution in [-0.2, 0) is 11.3 Å². The predicted molar refractivity (Wildman–Crippen MR) is 110 cm³/mol. The van der Waals surface area contributed by atoms with Gasteiger partial charge in [0.1, 0.15) is 11.4 Å². The highest BCUT2D eigenvalue weighted by Crippen LogP contribution is 2.31. The molecule has 1 saturated heterocycles. The van der Waals surface area contributed by atoms with Gasteiger partial charge in [-0.3, -0.25) is 4.79 Å². The minimum Gasteiger partial charge on any atom is -0.493 e. The van der Waals surface area contributed by atoms with E-state index in [0.717, 1.165) is 22.2 Å². The van der Waals surface area contributed by atoms with Crippen LogP contribution < -0.4 is 4.74 Å². The van der Waals surface area contributed by atoms with Crippen molar-refractivity contribution in [1.82, 2.24) is 9.47 Å². The van der Waals surface area contributed by atoms with E-state index in [9.17, 15) is 4.79 Å². The fourth-order valence-corrected chi connectivity index (χ4v) is 3.81. The van der Waals surface area contributed by atoms with Crippen molar-refractivity contribution >= 4 is 28.4 Å². The number of rotatable bonds is 5. The first-order valence-electron chi connectivity index (χ1n) is 9.54. The van der Waals surface area contributed by atoms with Gasteiger partial charge in [-0.05, 0) is 36.8 Å². The van der Waals surface area contributed by atoms with E-state index in [1.807, 2.05) is 64.9 Å². The molecule has 0 radical (unpaired) electrons. The number of carbonyl (C=O) groups excluding carboxylic acids is 1. The summed E-state index contributed by atoms with van der Waals surface area (Å²) in [5.74, 6) is 0.794. The molecule has 5 nitrogen and oxygen atoms in total. The van der Waals surface area contributed by atoms with Crippen molar-refractivity contribution < 1.29 is 14.3 Å². The number of amides is 1. The third-order valence-corrected chi connectivity index (χ3v) is 5.38. The molecule has 3 aromatic rings. The Hall–Kier alpha value is -2.50. The number of hydrogen-bond donors (Lipinski definition) is 0. The molecule has 1 amide bonds. The summed E-state index contributed by atoms with van der Waals surface area (Å²) in [4.78, 5) is 15.2. The molecule has 28 heavy (non-hydrogen) atoms. The first kappa shape index (κ1) is 18.8. The molecule has 0 bridgehead atoms. The van der Waals surface area contributed by atoms with E-state index in [1.165, 1.54) is 0 Å². The monoisotopic (exact) mass is 398 g/mol. The average Bonchev–Trinajstić information content (AvgIpc) is 3.09. The smallest absolute Gasteiger partial charge is 0.270 e. The lowest BCUT2D eigenvalue weighted by atomic mass is 10.2. The van der Waals surface area contributed by atoms with Gasteiger partial charge in [0, 0.05) is 30.0 Å². The van der Waals surface area contributed by atoms with Crippen LogP contribution in [0.4, 0.5) is 0 Å². The Morgan fingerprint density at radius 3 is 2.68 bits per heavy atom. The maximum absolute atomic E-state index is 13.3. The van der Waals surface area contributed by atoms with Crippen LogP contribution in [0.3, 0.4) is 0 Å². The van der Waals surface area contributed by atoms with Crippen LogP contribution in [-0.4, -0.2) is 48.3 Å². The molecule has 2 aromatic carbocycles. The number of aromatic nitrogens is 1. The van der Waals surface area contributed by atoms with Crippen molar-refractivity contribution in [3.63, 3.8) is 0 Å². The lowest BCUT2D eigenvalue weighted by Crippen LogP contribution is -2.41. The van der Waals surface area contributed by atoms with Crippen LogP contribution in [0, 0.1) is 0 Å². The van der Waals surface area contributed by atoms with Crippen LogP contribution in [0.15, 0.2) is 48.5 Å². The van der Waals surface area contributed by atoms with Crippen LogP contribution in [0.25, 0.3) is 10.9 Å². The molecule has 146 valence electrons. The molecule has 0 N–H and O–H groups in total. The van der Waals surface area contributed by atoms with Gasteiger partial charge in [0.25, 0.3) is 5.91 Å². The highest BCUT2D eigenvalue weighted by atomic mass is 35.5. The van der Waals surface area contributed by atoms with Gasteiger partial charge in [-0.1, -0.05) is 35.9 Å². The maximum Gasteiger partial charge on any atom is 0.270 e. The van der Waals surface area contributed by atoms with Gasteiger partial charge >= 0.3 is 0 Å². The average molecular weight is 399 g/mol. The SMILES string of the molecule is CCOc1cccc2c1cc(C(=O)N1CCOCC1)n2Cc1ccccc1Cl. The zero-order valence-corrected chi connectivity index (χ0v) is 16.6. The van der Waals surface area contributed by atoms with Gasteiger partial charge in [0.05, 0.1) is 25.3 Å². The second-order valence-electron chi connectivity index (χ2n) is 6.73. The summed E-state index contributed by atoms with van der Waals surface area (Å²) in [7, 11) is 0. The number of carbonyl (C=O) groups is 1. The van der Waals surface area contributed by atoms with Gasteiger partial charge in [-0.2, -0.15) is 0 Å². The molecule has 4 rings (SSSR count). The van der Waals surface area contributed by atoms with Gasteiger partial charge in [0.2, 0.25) is 0 Å². The Kier molecular flexibility index (Phi) is 5.55. The Morgan fingerprint density at radius 1 is 1.14 bits per heavy atom. The number of ether oxygens (including phenoxy) is 2. The molecule has 0 aliphatic carbocycles. The van der Waals surface area contributed by atoms with Gasteiger partial charge in [-0.25, -0.2) is 0 Å². The van der Waals surface area contributed by atoms with Crippen LogP contribution in [0.5, 0.6) is 5.75 Å². The fourth-order valence-electron chi connectivity index (χ4n) is 3.61.